The second-order valence-corrected chi connectivity index (χ2v) is 10.6. The van der Waals surface area contributed by atoms with Crippen molar-refractivity contribution in [1.29, 1.82) is 0 Å². The molecule has 4 bridgehead atoms. The average Bonchev–Trinajstić information content (AvgIpc) is 3.27. The number of hydrogen-bond donors (Lipinski definition) is 2. The molecule has 1 aromatic heterocycles. The minimum atomic E-state index is -0.504. The molecule has 1 saturated heterocycles. The Kier molecular flexibility index (Phi) is 8.00. The summed E-state index contributed by atoms with van der Waals surface area (Å²) >= 11 is 0. The Labute approximate surface area is 229 Å². The molecule has 8 heteroatoms. The first-order valence-corrected chi connectivity index (χ1v) is 13.6. The zero-order valence-corrected chi connectivity index (χ0v) is 22.8. The Bertz CT molecular complexity index is 1340. The molecule has 0 aliphatic carbocycles. The van der Waals surface area contributed by atoms with Crippen LogP contribution in [0.2, 0.25) is 0 Å². The van der Waals surface area contributed by atoms with Crippen LogP contribution in [-0.2, 0) is 17.7 Å². The van der Waals surface area contributed by atoms with Gasteiger partial charge in [-0.25, -0.2) is 9.78 Å². The maximum Gasteiger partial charge on any atom is 0.410 e. The summed E-state index contributed by atoms with van der Waals surface area (Å²) in [5, 5.41) is 6.45. The lowest BCUT2D eigenvalue weighted by Gasteiger charge is -2.24. The van der Waals surface area contributed by atoms with Crippen LogP contribution in [0.5, 0.6) is 5.75 Å². The summed E-state index contributed by atoms with van der Waals surface area (Å²) in [7, 11) is 0. The van der Waals surface area contributed by atoms with Gasteiger partial charge in [-0.1, -0.05) is 50.2 Å². The summed E-state index contributed by atoms with van der Waals surface area (Å²) < 4.78 is 11.8. The van der Waals surface area contributed by atoms with E-state index in [-0.39, 0.29) is 12.0 Å². The van der Waals surface area contributed by atoms with Gasteiger partial charge in [0.25, 0.3) is 5.91 Å². The number of carbonyl (C=O) groups excluding carboxylic acids is 2. The standard InChI is InChI=1S/C31H36N4O4/c1-20(2)24-9-4-8-23(14-24)18-35-19-28(39-31(35)37)27-16-22-7-5-10-26(15-22)38-12-6-11-32-29-17-25(30(36)34-27)13-21(3)33-29/h4-5,7-10,13-15,17,20,27-28H,6,11-12,16,18-19H2,1-3H3,(H,32,33)(H,34,36)/t27-,28+/m0/s1. The molecule has 204 valence electrons. The lowest BCUT2D eigenvalue weighted by molar-refractivity contribution is 0.0837. The number of aryl methyl sites for hydroxylation is 1. The number of anilines is 1. The van der Waals surface area contributed by atoms with Crippen molar-refractivity contribution in [2.45, 2.75) is 58.2 Å². The number of carbonyl (C=O) groups is 2. The normalized spacial score (nSPS) is 19.8. The van der Waals surface area contributed by atoms with Crippen LogP contribution >= 0.6 is 0 Å². The molecule has 2 atom stereocenters. The maximum absolute atomic E-state index is 13.5. The molecule has 5 rings (SSSR count). The number of nitrogens with one attached hydrogen (secondary N) is 2. The monoisotopic (exact) mass is 528 g/mol. The fourth-order valence-electron chi connectivity index (χ4n) is 5.05. The van der Waals surface area contributed by atoms with Gasteiger partial charge in [-0.15, -0.1) is 0 Å². The van der Waals surface area contributed by atoms with Gasteiger partial charge in [-0.2, -0.15) is 0 Å². The second-order valence-electron chi connectivity index (χ2n) is 10.6. The molecule has 2 aromatic carbocycles. The number of amides is 2. The van der Waals surface area contributed by atoms with E-state index in [1.165, 1.54) is 5.56 Å². The first-order chi connectivity index (χ1) is 18.8. The van der Waals surface area contributed by atoms with Crippen LogP contribution in [0.15, 0.2) is 60.7 Å². The van der Waals surface area contributed by atoms with E-state index >= 15 is 0 Å². The summed E-state index contributed by atoms with van der Waals surface area (Å²) in [6.07, 6.45) is 0.406. The SMILES string of the molecule is Cc1cc2cc(n1)NCCCOc1cccc(c1)C[C@@H]([C@H]1CN(Cc3cccc(C(C)C)c3)C(=O)O1)NC2=O. The van der Waals surface area contributed by atoms with E-state index in [1.54, 1.807) is 17.0 Å². The Balaban J connectivity index is 1.40. The van der Waals surface area contributed by atoms with Gasteiger partial charge in [0.15, 0.2) is 0 Å². The number of hydrogen-bond acceptors (Lipinski definition) is 6. The van der Waals surface area contributed by atoms with Crippen molar-refractivity contribution < 1.29 is 19.1 Å². The zero-order valence-electron chi connectivity index (χ0n) is 22.8. The summed E-state index contributed by atoms with van der Waals surface area (Å²) in [6.45, 7) is 8.25. The third kappa shape index (κ3) is 6.69. The van der Waals surface area contributed by atoms with Crippen molar-refractivity contribution >= 4 is 17.8 Å². The Hall–Kier alpha value is -4.07. The van der Waals surface area contributed by atoms with Crippen molar-refractivity contribution in [3.8, 4) is 5.75 Å². The molecule has 1 fully saturated rings. The lowest BCUT2D eigenvalue weighted by Crippen LogP contribution is -2.46. The van der Waals surface area contributed by atoms with Gasteiger partial charge in [-0.05, 0) is 66.6 Å². The molecule has 8 nitrogen and oxygen atoms in total. The first-order valence-electron chi connectivity index (χ1n) is 13.6. The maximum atomic E-state index is 13.5. The highest BCUT2D eigenvalue weighted by atomic mass is 16.6. The van der Waals surface area contributed by atoms with Gasteiger partial charge >= 0.3 is 6.09 Å². The largest absolute Gasteiger partial charge is 0.494 e. The fourth-order valence-corrected chi connectivity index (χ4v) is 5.05. The van der Waals surface area contributed by atoms with E-state index in [2.05, 4.69) is 41.6 Å². The van der Waals surface area contributed by atoms with Crippen LogP contribution in [0.1, 0.15) is 58.9 Å². The van der Waals surface area contributed by atoms with Gasteiger partial charge in [0.2, 0.25) is 0 Å². The van der Waals surface area contributed by atoms with Crippen molar-refractivity contribution in [3.05, 3.63) is 88.6 Å². The van der Waals surface area contributed by atoms with Crippen LogP contribution in [-0.4, -0.2) is 53.7 Å². The minimum absolute atomic E-state index is 0.227. The van der Waals surface area contributed by atoms with E-state index in [0.717, 1.165) is 29.0 Å². The highest BCUT2D eigenvalue weighted by Crippen LogP contribution is 2.24. The Morgan fingerprint density at radius 3 is 2.77 bits per heavy atom. The molecule has 0 spiro atoms. The number of cyclic esters (lactones) is 1. The van der Waals surface area contributed by atoms with Crippen molar-refractivity contribution in [1.82, 2.24) is 15.2 Å². The number of nitrogens with zero attached hydrogens (tertiary/aromatic N) is 2. The first kappa shape index (κ1) is 26.5. The number of fused-ring (bicyclic) bond motifs is 4. The number of benzene rings is 2. The predicted molar refractivity (Wildman–Crippen MR) is 150 cm³/mol. The molecule has 2 aliphatic rings. The van der Waals surface area contributed by atoms with Crippen LogP contribution in [0, 0.1) is 6.92 Å². The second kappa shape index (κ2) is 11.8. The molecule has 2 N–H and O–H groups in total. The van der Waals surface area contributed by atoms with Gasteiger partial charge in [0.1, 0.15) is 17.7 Å². The van der Waals surface area contributed by atoms with Gasteiger partial charge in [0.05, 0.1) is 19.2 Å². The summed E-state index contributed by atoms with van der Waals surface area (Å²) in [4.78, 5) is 32.6. The Morgan fingerprint density at radius 1 is 1.08 bits per heavy atom. The molecule has 2 aliphatic heterocycles. The predicted octanol–water partition coefficient (Wildman–Crippen LogP) is 5.07. The van der Waals surface area contributed by atoms with Crippen LogP contribution in [0.3, 0.4) is 0 Å². The quantitative estimate of drug-likeness (QED) is 0.491. The third-order valence-electron chi connectivity index (χ3n) is 7.13. The summed E-state index contributed by atoms with van der Waals surface area (Å²) in [5.41, 5.74) is 4.55. The fraction of sp³-hybridized carbons (Fsp3) is 0.387. The summed E-state index contributed by atoms with van der Waals surface area (Å²) in [6, 6.07) is 19.3. The number of rotatable bonds is 4. The van der Waals surface area contributed by atoms with Crippen LogP contribution in [0.25, 0.3) is 0 Å². The van der Waals surface area contributed by atoms with Crippen LogP contribution in [0.4, 0.5) is 10.6 Å². The summed E-state index contributed by atoms with van der Waals surface area (Å²) in [5.74, 6) is 1.60. The molecule has 39 heavy (non-hydrogen) atoms. The van der Waals surface area contributed by atoms with Gasteiger partial charge < -0.3 is 25.0 Å². The molecule has 0 saturated carbocycles. The third-order valence-corrected chi connectivity index (χ3v) is 7.13. The van der Waals surface area contributed by atoms with Crippen molar-refractivity contribution in [2.24, 2.45) is 0 Å². The van der Waals surface area contributed by atoms with E-state index in [9.17, 15) is 9.59 Å². The molecule has 0 unspecified atom stereocenters. The minimum Gasteiger partial charge on any atom is -0.494 e. The van der Waals surface area contributed by atoms with E-state index in [4.69, 9.17) is 9.47 Å². The zero-order chi connectivity index (χ0) is 27.4. The van der Waals surface area contributed by atoms with Crippen molar-refractivity contribution in [3.63, 3.8) is 0 Å². The Morgan fingerprint density at radius 2 is 1.92 bits per heavy atom. The van der Waals surface area contributed by atoms with Crippen molar-refractivity contribution in [2.75, 3.05) is 25.0 Å². The lowest BCUT2D eigenvalue weighted by atomic mass is 9.99. The average molecular weight is 529 g/mol. The highest BCUT2D eigenvalue weighted by molar-refractivity contribution is 5.95. The molecule has 3 heterocycles. The molecular formula is C31H36N4O4. The van der Waals surface area contributed by atoms with Gasteiger partial charge in [0, 0.05) is 24.3 Å². The molecule has 0 radical (unpaired) electrons. The van der Waals surface area contributed by atoms with Crippen LogP contribution < -0.4 is 15.4 Å². The van der Waals surface area contributed by atoms with E-state index in [0.29, 0.717) is 50.0 Å². The van der Waals surface area contributed by atoms with E-state index in [1.807, 2.05) is 43.3 Å². The highest BCUT2D eigenvalue weighted by Gasteiger charge is 2.37. The smallest absolute Gasteiger partial charge is 0.410 e. The molecule has 2 amide bonds. The van der Waals surface area contributed by atoms with Gasteiger partial charge in [-0.3, -0.25) is 4.79 Å². The van der Waals surface area contributed by atoms with E-state index < -0.39 is 12.1 Å². The molecular weight excluding hydrogens is 492 g/mol. The number of pyridine rings is 1. The topological polar surface area (TPSA) is 92.8 Å². The number of aromatic nitrogens is 1. The molecule has 3 aromatic rings. The number of ether oxygens (including phenoxy) is 2.